The average Bonchev–Trinajstić information content (AvgIpc) is 3.59. The molecule has 0 radical (unpaired) electrons. The Balaban J connectivity index is 1.28. The van der Waals surface area contributed by atoms with Gasteiger partial charge in [-0.3, -0.25) is 19.6 Å². The van der Waals surface area contributed by atoms with Gasteiger partial charge >= 0.3 is 0 Å². The Morgan fingerprint density at radius 2 is 1.79 bits per heavy atom. The number of benzene rings is 2. The molecule has 2 aliphatic rings. The molecule has 0 unspecified atom stereocenters. The number of likely N-dealkylation sites (tertiary alicyclic amines) is 1. The Morgan fingerprint density at radius 1 is 1.05 bits per heavy atom. The summed E-state index contributed by atoms with van der Waals surface area (Å²) in [5.41, 5.74) is 3.27. The van der Waals surface area contributed by atoms with Crippen LogP contribution in [0.2, 0.25) is 0 Å². The van der Waals surface area contributed by atoms with Crippen molar-refractivity contribution in [1.29, 1.82) is 0 Å². The maximum atomic E-state index is 14.8. The van der Waals surface area contributed by atoms with Crippen LogP contribution in [0, 0.1) is 25.5 Å². The molecule has 11 heteroatoms. The molecule has 2 aromatic heterocycles. The first-order chi connectivity index (χ1) is 20.7. The van der Waals surface area contributed by atoms with Crippen molar-refractivity contribution >= 4 is 23.7 Å². The van der Waals surface area contributed by atoms with Gasteiger partial charge in [0, 0.05) is 61.6 Å². The van der Waals surface area contributed by atoms with Crippen LogP contribution in [0.25, 0.3) is 16.9 Å². The molecule has 2 saturated heterocycles. The Labute approximate surface area is 247 Å². The summed E-state index contributed by atoms with van der Waals surface area (Å²) in [6.07, 6.45) is 5.55. The average molecular weight is 584 g/mol. The third kappa shape index (κ3) is 4.94. The number of rotatable bonds is 5. The highest BCUT2D eigenvalue weighted by molar-refractivity contribution is 5.96. The summed E-state index contributed by atoms with van der Waals surface area (Å²) in [4.78, 5) is 38.7. The van der Waals surface area contributed by atoms with Crippen LogP contribution < -0.4 is 10.2 Å². The minimum Gasteiger partial charge on any atom is -0.339 e. The summed E-state index contributed by atoms with van der Waals surface area (Å²) in [7, 11) is 1.57. The zero-order valence-electron chi connectivity index (χ0n) is 24.1. The number of aliphatic imine (C=N–C) groups is 1. The number of halogens is 2. The van der Waals surface area contributed by atoms with Crippen molar-refractivity contribution < 1.29 is 18.4 Å². The molecule has 1 spiro atoms. The molecule has 0 saturated carbocycles. The summed E-state index contributed by atoms with van der Waals surface area (Å²) in [6, 6.07) is 13.5. The van der Waals surface area contributed by atoms with Gasteiger partial charge in [-0.15, -0.1) is 0 Å². The van der Waals surface area contributed by atoms with E-state index in [2.05, 4.69) is 20.4 Å². The molecular weight excluding hydrogens is 552 g/mol. The van der Waals surface area contributed by atoms with Crippen LogP contribution in [0.5, 0.6) is 0 Å². The van der Waals surface area contributed by atoms with Crippen LogP contribution in [0.15, 0.2) is 65.9 Å². The van der Waals surface area contributed by atoms with Crippen molar-refractivity contribution in [2.24, 2.45) is 4.99 Å². The van der Waals surface area contributed by atoms with E-state index >= 15 is 0 Å². The van der Waals surface area contributed by atoms with Crippen molar-refractivity contribution in [3.8, 4) is 16.9 Å². The number of pyridine rings is 1. The van der Waals surface area contributed by atoms with Crippen LogP contribution in [-0.4, -0.2) is 70.0 Å². The van der Waals surface area contributed by atoms with E-state index in [0.29, 0.717) is 60.7 Å². The fourth-order valence-electron chi connectivity index (χ4n) is 6.04. The predicted molar refractivity (Wildman–Crippen MR) is 160 cm³/mol. The third-order valence-corrected chi connectivity index (χ3v) is 8.33. The van der Waals surface area contributed by atoms with Crippen molar-refractivity contribution in [2.75, 3.05) is 31.7 Å². The lowest BCUT2D eigenvalue weighted by Crippen LogP contribution is -2.57. The number of hydrogen-bond acceptors (Lipinski definition) is 6. The SMILES string of the molecule is C/N=C/c1ccc(-n2nc(C(=O)N3CCC4(CC3)C(=O)NCN4c3cc(C)c(F)c(C)c3)cc2-c2cccnc2)cc1F. The molecule has 2 aliphatic heterocycles. The topological polar surface area (TPSA) is 95.7 Å². The predicted octanol–water partition coefficient (Wildman–Crippen LogP) is 4.45. The standard InChI is InChI=1S/C32H31F2N7O2/c1-20-13-25(14-21(2)29(20)34)40-19-37-31(43)32(40)8-11-39(12-9-32)30(42)27-16-28(23-5-4-10-36-18-23)41(38-27)24-7-6-22(17-35-3)26(33)15-24/h4-7,10,13-18H,8-9,11-12,19H2,1-3H3,(H,37,43)/b35-17+. The van der Waals surface area contributed by atoms with Gasteiger partial charge in [0.25, 0.3) is 5.91 Å². The van der Waals surface area contributed by atoms with Crippen LogP contribution in [0.1, 0.15) is 40.0 Å². The Hall–Kier alpha value is -4.93. The number of piperidine rings is 1. The van der Waals surface area contributed by atoms with Crippen molar-refractivity contribution in [2.45, 2.75) is 32.2 Å². The molecule has 220 valence electrons. The molecule has 1 N–H and O–H groups in total. The number of nitrogens with one attached hydrogen (secondary N) is 1. The molecule has 2 aromatic carbocycles. The fraction of sp³-hybridized carbons (Fsp3) is 0.281. The van der Waals surface area contributed by atoms with Gasteiger partial charge in [-0.25, -0.2) is 13.5 Å². The van der Waals surface area contributed by atoms with Gasteiger partial charge < -0.3 is 15.1 Å². The van der Waals surface area contributed by atoms with E-state index in [9.17, 15) is 18.4 Å². The number of nitrogens with zero attached hydrogens (tertiary/aromatic N) is 6. The molecular formula is C32H31F2N7O2. The Morgan fingerprint density at radius 3 is 2.44 bits per heavy atom. The van der Waals surface area contributed by atoms with Crippen LogP contribution in [0.4, 0.5) is 14.5 Å². The first-order valence-electron chi connectivity index (χ1n) is 14.1. The van der Waals surface area contributed by atoms with Crippen LogP contribution in [-0.2, 0) is 4.79 Å². The maximum absolute atomic E-state index is 14.8. The number of anilines is 1. The quantitative estimate of drug-likeness (QED) is 0.351. The third-order valence-electron chi connectivity index (χ3n) is 8.33. The second-order valence-electron chi connectivity index (χ2n) is 11.0. The molecule has 2 fully saturated rings. The highest BCUT2D eigenvalue weighted by Crippen LogP contribution is 2.38. The second-order valence-corrected chi connectivity index (χ2v) is 11.0. The second kappa shape index (κ2) is 11.0. The first-order valence-corrected chi connectivity index (χ1v) is 14.1. The smallest absolute Gasteiger partial charge is 0.274 e. The van der Waals surface area contributed by atoms with E-state index in [1.807, 2.05) is 11.0 Å². The number of carbonyl (C=O) groups excluding carboxylic acids is 2. The number of hydrogen-bond donors (Lipinski definition) is 1. The molecule has 43 heavy (non-hydrogen) atoms. The minimum absolute atomic E-state index is 0.0963. The zero-order valence-corrected chi connectivity index (χ0v) is 24.1. The van der Waals surface area contributed by atoms with Gasteiger partial charge in [-0.05, 0) is 80.3 Å². The van der Waals surface area contributed by atoms with E-state index in [1.165, 1.54) is 17.0 Å². The molecule has 6 rings (SSSR count). The largest absolute Gasteiger partial charge is 0.339 e. The lowest BCUT2D eigenvalue weighted by molar-refractivity contribution is -0.124. The summed E-state index contributed by atoms with van der Waals surface area (Å²) in [5.74, 6) is -1.10. The molecule has 9 nitrogen and oxygen atoms in total. The van der Waals surface area contributed by atoms with Crippen LogP contribution in [0.3, 0.4) is 0 Å². The van der Waals surface area contributed by atoms with Crippen molar-refractivity contribution in [1.82, 2.24) is 25.0 Å². The maximum Gasteiger partial charge on any atom is 0.274 e. The van der Waals surface area contributed by atoms with Gasteiger partial charge in [0.15, 0.2) is 5.69 Å². The van der Waals surface area contributed by atoms with E-state index in [-0.39, 0.29) is 23.3 Å². The highest BCUT2D eigenvalue weighted by atomic mass is 19.1. The molecule has 0 atom stereocenters. The van der Waals surface area contributed by atoms with E-state index in [1.54, 1.807) is 74.6 Å². The molecule has 2 amide bonds. The molecule has 4 aromatic rings. The molecule has 0 bridgehead atoms. The number of aromatic nitrogens is 3. The Bertz CT molecular complexity index is 1720. The number of aryl methyl sites for hydroxylation is 2. The number of amides is 2. The highest BCUT2D eigenvalue weighted by Gasteiger charge is 2.51. The summed E-state index contributed by atoms with van der Waals surface area (Å²) >= 11 is 0. The summed E-state index contributed by atoms with van der Waals surface area (Å²) in [6.45, 7) is 4.40. The number of carbonyl (C=O) groups is 2. The van der Waals surface area contributed by atoms with Crippen molar-refractivity contribution in [3.05, 3.63) is 94.9 Å². The summed E-state index contributed by atoms with van der Waals surface area (Å²) in [5, 5.41) is 7.57. The van der Waals surface area contributed by atoms with E-state index < -0.39 is 11.4 Å². The minimum atomic E-state index is -0.839. The molecule has 0 aliphatic carbocycles. The Kier molecular flexibility index (Phi) is 7.25. The van der Waals surface area contributed by atoms with Gasteiger partial charge in [-0.1, -0.05) is 0 Å². The van der Waals surface area contributed by atoms with Crippen molar-refractivity contribution in [3.63, 3.8) is 0 Å². The fourth-order valence-corrected chi connectivity index (χ4v) is 6.04. The lowest BCUT2D eigenvalue weighted by atomic mass is 9.85. The normalized spacial score (nSPS) is 16.3. The van der Waals surface area contributed by atoms with Gasteiger partial charge in [-0.2, -0.15) is 5.10 Å². The van der Waals surface area contributed by atoms with Gasteiger partial charge in [0.1, 0.15) is 17.2 Å². The van der Waals surface area contributed by atoms with E-state index in [4.69, 9.17) is 0 Å². The van der Waals surface area contributed by atoms with Gasteiger partial charge in [0.2, 0.25) is 5.91 Å². The summed E-state index contributed by atoms with van der Waals surface area (Å²) < 4.78 is 30.7. The monoisotopic (exact) mass is 583 g/mol. The zero-order chi connectivity index (χ0) is 30.3. The molecule has 4 heterocycles. The first kappa shape index (κ1) is 28.2. The van der Waals surface area contributed by atoms with Crippen LogP contribution >= 0.6 is 0 Å². The van der Waals surface area contributed by atoms with E-state index in [0.717, 1.165) is 11.3 Å². The van der Waals surface area contributed by atoms with Gasteiger partial charge in [0.05, 0.1) is 18.1 Å². The lowest BCUT2D eigenvalue weighted by Gasteiger charge is -2.43.